The first-order valence-electron chi connectivity index (χ1n) is 17.5. The Hall–Kier alpha value is -6.96. The van der Waals surface area contributed by atoms with E-state index in [1.54, 1.807) is 0 Å². The lowest BCUT2D eigenvalue weighted by Crippen LogP contribution is -2.06. The van der Waals surface area contributed by atoms with E-state index < -0.39 is 0 Å². The monoisotopic (exact) mass is 697 g/mol. The van der Waals surface area contributed by atoms with E-state index >= 15 is 0 Å². The Bertz CT molecular complexity index is 3240. The Morgan fingerprint density at radius 1 is 0.396 bits per heavy atom. The van der Waals surface area contributed by atoms with Crippen LogP contribution in [0.2, 0.25) is 0 Å². The zero-order valence-electron chi connectivity index (χ0n) is 28.1. The zero-order valence-corrected chi connectivity index (χ0v) is 29.0. The molecule has 0 unspecified atom stereocenters. The summed E-state index contributed by atoms with van der Waals surface area (Å²) < 4.78 is 5.34. The lowest BCUT2D eigenvalue weighted by Gasteiger charge is -2.11. The lowest BCUT2D eigenvalue weighted by atomic mass is 10.0. The molecular weight excluding hydrogens is 671 g/mol. The highest BCUT2D eigenvalue weighted by molar-refractivity contribution is 7.17. The van der Waals surface area contributed by atoms with Crippen molar-refractivity contribution in [2.45, 2.75) is 0 Å². The van der Waals surface area contributed by atoms with Crippen molar-refractivity contribution < 1.29 is 0 Å². The standard InChI is InChI=1S/C46H27N5OS/c52-45-37-26-40-34(24-33(37)36-25-35-31-20-10-12-22-38(31)50(30-18-8-3-9-19-30)41(35)27-42(36)53-45)32-21-11-13-23-39(32)51(40)46-48-43(28-14-4-1-5-15-28)47-44(49-46)29-16-6-2-7-17-29/h1-27H. The van der Waals surface area contributed by atoms with Crippen LogP contribution in [-0.4, -0.2) is 24.1 Å². The van der Waals surface area contributed by atoms with E-state index in [1.165, 1.54) is 16.7 Å². The Labute approximate surface area is 306 Å². The molecule has 0 aliphatic heterocycles. The fraction of sp³-hybridized carbons (Fsp3) is 0. The molecule has 0 aliphatic carbocycles. The number of hydrogen-bond acceptors (Lipinski definition) is 5. The first-order valence-corrected chi connectivity index (χ1v) is 18.3. The second-order valence-electron chi connectivity index (χ2n) is 13.2. The van der Waals surface area contributed by atoms with Crippen LogP contribution in [0.15, 0.2) is 169 Å². The van der Waals surface area contributed by atoms with Gasteiger partial charge in [0.1, 0.15) is 0 Å². The van der Waals surface area contributed by atoms with Crippen LogP contribution in [0, 0.1) is 0 Å². The van der Waals surface area contributed by atoms with E-state index in [0.29, 0.717) is 23.0 Å². The SMILES string of the molecule is O=c1sc2cc3c(cc2c2cc4c5ccccc5n(-c5nc(-c6ccccc6)nc(-c6ccccc6)n5)c4cc12)c1ccccc1n3-c1ccccc1. The number of fused-ring (bicyclic) bond motifs is 9. The second-order valence-corrected chi connectivity index (χ2v) is 14.2. The molecule has 11 rings (SSSR count). The molecule has 53 heavy (non-hydrogen) atoms. The van der Waals surface area contributed by atoms with Crippen LogP contribution in [-0.2, 0) is 0 Å². The van der Waals surface area contributed by atoms with Gasteiger partial charge in [0.25, 0.3) is 0 Å². The minimum atomic E-state index is 0.0125. The minimum Gasteiger partial charge on any atom is -0.309 e. The molecule has 4 heterocycles. The summed E-state index contributed by atoms with van der Waals surface area (Å²) in [6.45, 7) is 0. The van der Waals surface area contributed by atoms with Gasteiger partial charge in [0.2, 0.25) is 10.7 Å². The highest BCUT2D eigenvalue weighted by atomic mass is 32.1. The Kier molecular flexibility index (Phi) is 6.47. The summed E-state index contributed by atoms with van der Waals surface area (Å²) in [4.78, 5) is 29.3. The van der Waals surface area contributed by atoms with Gasteiger partial charge >= 0.3 is 0 Å². The summed E-state index contributed by atoms with van der Waals surface area (Å²) in [6.07, 6.45) is 0. The maximum Gasteiger partial charge on any atom is 0.240 e. The van der Waals surface area contributed by atoms with Crippen molar-refractivity contribution >= 4 is 75.8 Å². The van der Waals surface area contributed by atoms with E-state index in [-0.39, 0.29) is 4.74 Å². The van der Waals surface area contributed by atoms with Crippen LogP contribution in [0.25, 0.3) is 98.9 Å². The van der Waals surface area contributed by atoms with Crippen molar-refractivity contribution in [2.75, 3.05) is 0 Å². The molecule has 0 radical (unpaired) electrons. The van der Waals surface area contributed by atoms with Gasteiger partial charge in [-0.25, -0.2) is 4.98 Å². The van der Waals surface area contributed by atoms with Gasteiger partial charge in [0.15, 0.2) is 11.6 Å². The maximum absolute atomic E-state index is 14.2. The van der Waals surface area contributed by atoms with Gasteiger partial charge in [-0.2, -0.15) is 9.97 Å². The summed E-state index contributed by atoms with van der Waals surface area (Å²) in [5.74, 6) is 1.66. The first kappa shape index (κ1) is 29.7. The molecule has 0 amide bonds. The van der Waals surface area contributed by atoms with Gasteiger partial charge in [0.05, 0.1) is 22.1 Å². The van der Waals surface area contributed by atoms with E-state index in [1.807, 2.05) is 78.9 Å². The average molecular weight is 698 g/mol. The van der Waals surface area contributed by atoms with Crippen molar-refractivity contribution in [3.05, 3.63) is 173 Å². The van der Waals surface area contributed by atoms with Gasteiger partial charge in [-0.3, -0.25) is 9.36 Å². The molecule has 7 aromatic carbocycles. The average Bonchev–Trinajstić information content (AvgIpc) is 3.72. The van der Waals surface area contributed by atoms with Crippen LogP contribution >= 0.6 is 11.3 Å². The third-order valence-electron chi connectivity index (χ3n) is 10.2. The molecule has 11 aromatic rings. The van der Waals surface area contributed by atoms with Gasteiger partial charge < -0.3 is 4.57 Å². The van der Waals surface area contributed by atoms with Crippen LogP contribution in [0.4, 0.5) is 0 Å². The van der Waals surface area contributed by atoms with Crippen molar-refractivity contribution in [3.63, 3.8) is 0 Å². The summed E-state index contributed by atoms with van der Waals surface area (Å²) >= 11 is 1.30. The Morgan fingerprint density at radius 2 is 0.906 bits per heavy atom. The molecule has 0 aliphatic rings. The predicted molar refractivity (Wildman–Crippen MR) is 219 cm³/mol. The number of nitrogens with zero attached hydrogens (tertiary/aromatic N) is 5. The minimum absolute atomic E-state index is 0.0125. The number of para-hydroxylation sites is 3. The smallest absolute Gasteiger partial charge is 0.240 e. The molecule has 7 heteroatoms. The predicted octanol–water partition coefficient (Wildman–Crippen LogP) is 11.1. The van der Waals surface area contributed by atoms with Crippen LogP contribution in [0.1, 0.15) is 0 Å². The summed E-state index contributed by atoms with van der Waals surface area (Å²) in [5, 5.41) is 7.08. The van der Waals surface area contributed by atoms with Crippen molar-refractivity contribution in [1.82, 2.24) is 24.1 Å². The molecular formula is C46H27N5OS. The van der Waals surface area contributed by atoms with E-state index in [4.69, 9.17) is 15.0 Å². The van der Waals surface area contributed by atoms with Crippen LogP contribution < -0.4 is 4.74 Å². The normalized spacial score (nSPS) is 11.8. The third-order valence-corrected chi connectivity index (χ3v) is 11.2. The van der Waals surface area contributed by atoms with E-state index in [2.05, 4.69) is 94.1 Å². The fourth-order valence-electron chi connectivity index (χ4n) is 7.82. The molecule has 4 aromatic heterocycles. The molecule has 0 saturated heterocycles. The van der Waals surface area contributed by atoms with Crippen LogP contribution in [0.5, 0.6) is 0 Å². The van der Waals surface area contributed by atoms with Crippen molar-refractivity contribution in [3.8, 4) is 34.4 Å². The van der Waals surface area contributed by atoms with Gasteiger partial charge in [-0.15, -0.1) is 0 Å². The fourth-order valence-corrected chi connectivity index (χ4v) is 8.75. The summed E-state index contributed by atoms with van der Waals surface area (Å²) in [6, 6.07) is 55.9. The Balaban J connectivity index is 1.22. The number of aromatic nitrogens is 5. The van der Waals surface area contributed by atoms with E-state index in [9.17, 15) is 4.79 Å². The topological polar surface area (TPSA) is 65.6 Å². The zero-order chi connectivity index (χ0) is 35.0. The number of hydrogen-bond donors (Lipinski definition) is 0. The molecule has 6 nitrogen and oxygen atoms in total. The number of benzene rings is 7. The third kappa shape index (κ3) is 4.58. The Morgan fingerprint density at radius 3 is 1.53 bits per heavy atom. The van der Waals surface area contributed by atoms with Gasteiger partial charge in [0, 0.05) is 53.8 Å². The molecule has 0 N–H and O–H groups in total. The van der Waals surface area contributed by atoms with Crippen LogP contribution in [0.3, 0.4) is 0 Å². The largest absolute Gasteiger partial charge is 0.309 e. The highest BCUT2D eigenvalue weighted by Gasteiger charge is 2.21. The first-order chi connectivity index (χ1) is 26.2. The molecule has 248 valence electrons. The second kappa shape index (κ2) is 11.5. The molecule has 0 atom stereocenters. The number of rotatable bonds is 4. The maximum atomic E-state index is 14.2. The van der Waals surface area contributed by atoms with Gasteiger partial charge in [-0.05, 0) is 53.9 Å². The summed E-state index contributed by atoms with van der Waals surface area (Å²) in [7, 11) is 0. The van der Waals surface area contributed by atoms with Crippen molar-refractivity contribution in [2.24, 2.45) is 0 Å². The molecule has 0 bridgehead atoms. The van der Waals surface area contributed by atoms with E-state index in [0.717, 1.165) is 70.5 Å². The molecule has 0 spiro atoms. The quantitative estimate of drug-likeness (QED) is 0.172. The molecule has 0 saturated carbocycles. The van der Waals surface area contributed by atoms with Gasteiger partial charge in [-0.1, -0.05) is 127 Å². The van der Waals surface area contributed by atoms with Crippen molar-refractivity contribution in [1.29, 1.82) is 0 Å². The summed E-state index contributed by atoms with van der Waals surface area (Å²) in [5.41, 5.74) is 6.92. The highest BCUT2D eigenvalue weighted by Crippen LogP contribution is 2.40. The lowest BCUT2D eigenvalue weighted by molar-refractivity contribution is 0.954. The molecule has 0 fully saturated rings.